The van der Waals surface area contributed by atoms with Gasteiger partial charge in [0.05, 0.1) is 30.0 Å². The summed E-state index contributed by atoms with van der Waals surface area (Å²) in [6.07, 6.45) is 0. The van der Waals surface area contributed by atoms with Gasteiger partial charge in [-0.05, 0) is 12.6 Å². The fraction of sp³-hybridized carbons (Fsp3) is 0.533. The molecule has 0 aliphatic rings. The van der Waals surface area contributed by atoms with E-state index in [-0.39, 0.29) is 5.91 Å². The third-order valence-electron chi connectivity index (χ3n) is 3.34. The average molecular weight is 330 g/mol. The van der Waals surface area contributed by atoms with Crippen LogP contribution in [0.15, 0.2) is 12.1 Å². The summed E-state index contributed by atoms with van der Waals surface area (Å²) in [6.45, 7) is 5.75. The summed E-state index contributed by atoms with van der Waals surface area (Å²) in [6, 6.07) is 3.07. The van der Waals surface area contributed by atoms with E-state index in [1.807, 2.05) is 0 Å². The number of ether oxygens (including phenoxy) is 2. The number of nitrogen functional groups attached to an aromatic ring is 1. The van der Waals surface area contributed by atoms with Crippen LogP contribution in [0.25, 0.3) is 0 Å². The smallest absolute Gasteiger partial charge is 0.255 e. The summed E-state index contributed by atoms with van der Waals surface area (Å²) in [4.78, 5) is 14.4. The molecule has 0 saturated heterocycles. The minimum atomic E-state index is -0.235. The summed E-state index contributed by atoms with van der Waals surface area (Å²) in [5, 5.41) is 3.20. The van der Waals surface area contributed by atoms with Crippen molar-refractivity contribution >= 4 is 23.2 Å². The van der Waals surface area contributed by atoms with Gasteiger partial charge in [-0.1, -0.05) is 18.5 Å². The van der Waals surface area contributed by atoms with Gasteiger partial charge in [0.1, 0.15) is 5.75 Å². The van der Waals surface area contributed by atoms with E-state index in [1.165, 1.54) is 13.2 Å². The molecule has 0 aromatic heterocycles. The molecule has 3 N–H and O–H groups in total. The monoisotopic (exact) mass is 329 g/mol. The average Bonchev–Trinajstić information content (AvgIpc) is 2.52. The highest BCUT2D eigenvalue weighted by molar-refractivity contribution is 6.33. The summed E-state index contributed by atoms with van der Waals surface area (Å²) in [5.74, 6) is 0.174. The Kier molecular flexibility index (Phi) is 8.01. The van der Waals surface area contributed by atoms with Crippen LogP contribution in [0.2, 0.25) is 5.02 Å². The molecule has 124 valence electrons. The molecule has 0 aliphatic carbocycles. The molecular weight excluding hydrogens is 306 g/mol. The van der Waals surface area contributed by atoms with E-state index in [9.17, 15) is 4.79 Å². The number of hydrogen-bond donors (Lipinski definition) is 2. The molecule has 1 rings (SSSR count). The van der Waals surface area contributed by atoms with Crippen molar-refractivity contribution < 1.29 is 14.3 Å². The number of likely N-dealkylation sites (N-methyl/N-ethyl adjacent to an activating group) is 1. The van der Waals surface area contributed by atoms with Gasteiger partial charge in [-0.3, -0.25) is 9.69 Å². The van der Waals surface area contributed by atoms with Gasteiger partial charge < -0.3 is 20.5 Å². The SMILES string of the molecule is CCN(CCNC(=O)c1cc(Cl)c(N)cc1OC)CCOC. The van der Waals surface area contributed by atoms with Gasteiger partial charge in [-0.25, -0.2) is 0 Å². The predicted molar refractivity (Wildman–Crippen MR) is 88.7 cm³/mol. The molecule has 22 heavy (non-hydrogen) atoms. The van der Waals surface area contributed by atoms with Crippen molar-refractivity contribution in [2.75, 3.05) is 52.7 Å². The zero-order valence-corrected chi connectivity index (χ0v) is 14.1. The number of anilines is 1. The number of hydrogen-bond acceptors (Lipinski definition) is 5. The molecular formula is C15H24ClN3O3. The second kappa shape index (κ2) is 9.50. The van der Waals surface area contributed by atoms with E-state index >= 15 is 0 Å². The molecule has 0 fully saturated rings. The summed E-state index contributed by atoms with van der Waals surface area (Å²) in [5.41, 5.74) is 6.47. The van der Waals surface area contributed by atoms with E-state index < -0.39 is 0 Å². The Balaban J connectivity index is 2.60. The molecule has 7 heteroatoms. The van der Waals surface area contributed by atoms with Crippen molar-refractivity contribution in [3.05, 3.63) is 22.7 Å². The summed E-state index contributed by atoms with van der Waals surface area (Å²) in [7, 11) is 3.16. The summed E-state index contributed by atoms with van der Waals surface area (Å²) < 4.78 is 10.2. The lowest BCUT2D eigenvalue weighted by Crippen LogP contribution is -2.36. The first kappa shape index (κ1) is 18.5. The van der Waals surface area contributed by atoms with Crippen molar-refractivity contribution in [2.24, 2.45) is 0 Å². The first-order valence-corrected chi connectivity index (χ1v) is 7.53. The maximum atomic E-state index is 12.2. The molecule has 0 bridgehead atoms. The van der Waals surface area contributed by atoms with Gasteiger partial charge in [0, 0.05) is 32.8 Å². The Morgan fingerprint density at radius 3 is 2.68 bits per heavy atom. The van der Waals surface area contributed by atoms with Crippen molar-refractivity contribution in [3.8, 4) is 5.75 Å². The molecule has 0 aliphatic heterocycles. The highest BCUT2D eigenvalue weighted by Crippen LogP contribution is 2.28. The standard InChI is InChI=1S/C15H24ClN3O3/c1-4-19(7-8-21-2)6-5-18-15(20)11-9-12(16)13(17)10-14(11)22-3/h9-10H,4-8,17H2,1-3H3,(H,18,20). The van der Waals surface area contributed by atoms with Crippen LogP contribution in [0, 0.1) is 0 Å². The minimum absolute atomic E-state index is 0.235. The van der Waals surface area contributed by atoms with Crippen molar-refractivity contribution in [2.45, 2.75) is 6.92 Å². The largest absolute Gasteiger partial charge is 0.496 e. The van der Waals surface area contributed by atoms with Gasteiger partial charge in [-0.15, -0.1) is 0 Å². The number of rotatable bonds is 9. The van der Waals surface area contributed by atoms with Gasteiger partial charge in [0.15, 0.2) is 0 Å². The van der Waals surface area contributed by atoms with Crippen LogP contribution in [0.5, 0.6) is 5.75 Å². The van der Waals surface area contributed by atoms with E-state index in [1.54, 1.807) is 13.2 Å². The first-order valence-electron chi connectivity index (χ1n) is 7.16. The van der Waals surface area contributed by atoms with Crippen LogP contribution < -0.4 is 15.8 Å². The minimum Gasteiger partial charge on any atom is -0.496 e. The number of benzene rings is 1. The van der Waals surface area contributed by atoms with E-state index in [0.717, 1.165) is 19.6 Å². The number of carbonyl (C=O) groups is 1. The zero-order chi connectivity index (χ0) is 16.5. The van der Waals surface area contributed by atoms with Gasteiger partial charge in [-0.2, -0.15) is 0 Å². The van der Waals surface area contributed by atoms with Crippen LogP contribution in [0.3, 0.4) is 0 Å². The molecule has 0 atom stereocenters. The normalized spacial score (nSPS) is 10.8. The number of nitrogens with one attached hydrogen (secondary N) is 1. The Morgan fingerprint density at radius 1 is 1.36 bits per heavy atom. The van der Waals surface area contributed by atoms with Crippen molar-refractivity contribution in [1.82, 2.24) is 10.2 Å². The third-order valence-corrected chi connectivity index (χ3v) is 3.66. The zero-order valence-electron chi connectivity index (χ0n) is 13.3. The first-order chi connectivity index (χ1) is 10.5. The van der Waals surface area contributed by atoms with E-state index in [2.05, 4.69) is 17.1 Å². The van der Waals surface area contributed by atoms with Crippen LogP contribution in [0.1, 0.15) is 17.3 Å². The maximum Gasteiger partial charge on any atom is 0.255 e. The van der Waals surface area contributed by atoms with Crippen molar-refractivity contribution in [1.29, 1.82) is 0 Å². The Bertz CT molecular complexity index is 497. The Labute approximate surface area is 136 Å². The summed E-state index contributed by atoms with van der Waals surface area (Å²) >= 11 is 5.97. The second-order valence-electron chi connectivity index (χ2n) is 4.76. The number of nitrogens with two attached hydrogens (primary N) is 1. The quantitative estimate of drug-likeness (QED) is 0.673. The highest BCUT2D eigenvalue weighted by Gasteiger charge is 2.15. The number of amides is 1. The van der Waals surface area contributed by atoms with E-state index in [4.69, 9.17) is 26.8 Å². The molecule has 6 nitrogen and oxygen atoms in total. The number of carbonyl (C=O) groups excluding carboxylic acids is 1. The number of nitrogens with zero attached hydrogens (tertiary/aromatic N) is 1. The Morgan fingerprint density at radius 2 is 2.09 bits per heavy atom. The van der Waals surface area contributed by atoms with E-state index in [0.29, 0.717) is 35.2 Å². The Hall–Kier alpha value is -1.50. The molecule has 0 radical (unpaired) electrons. The van der Waals surface area contributed by atoms with Crippen molar-refractivity contribution in [3.63, 3.8) is 0 Å². The molecule has 1 aromatic carbocycles. The highest BCUT2D eigenvalue weighted by atomic mass is 35.5. The number of halogens is 1. The van der Waals surface area contributed by atoms with Gasteiger partial charge in [0.25, 0.3) is 5.91 Å². The molecule has 0 unspecified atom stereocenters. The van der Waals surface area contributed by atoms with Gasteiger partial charge in [0.2, 0.25) is 0 Å². The fourth-order valence-corrected chi connectivity index (χ4v) is 2.15. The maximum absolute atomic E-state index is 12.2. The molecule has 0 spiro atoms. The van der Waals surface area contributed by atoms with Crippen LogP contribution in [-0.4, -0.2) is 57.8 Å². The molecule has 1 aromatic rings. The van der Waals surface area contributed by atoms with Crippen LogP contribution in [0.4, 0.5) is 5.69 Å². The lowest BCUT2D eigenvalue weighted by atomic mass is 10.1. The molecule has 0 saturated carbocycles. The number of methoxy groups -OCH3 is 2. The molecule has 0 heterocycles. The predicted octanol–water partition coefficient (Wildman–Crippen LogP) is 1.63. The second-order valence-corrected chi connectivity index (χ2v) is 5.16. The lowest BCUT2D eigenvalue weighted by Gasteiger charge is -2.20. The lowest BCUT2D eigenvalue weighted by molar-refractivity contribution is 0.0942. The topological polar surface area (TPSA) is 76.8 Å². The van der Waals surface area contributed by atoms with Gasteiger partial charge >= 0.3 is 0 Å². The molecule has 1 amide bonds. The van der Waals surface area contributed by atoms with Crippen LogP contribution in [-0.2, 0) is 4.74 Å². The fourth-order valence-electron chi connectivity index (χ4n) is 1.99. The van der Waals surface area contributed by atoms with Crippen LogP contribution >= 0.6 is 11.6 Å². The third kappa shape index (κ3) is 5.36.